The van der Waals surface area contributed by atoms with Gasteiger partial charge in [-0.05, 0) is 43.9 Å². The second-order valence-electron chi connectivity index (χ2n) is 4.15. The van der Waals surface area contributed by atoms with Gasteiger partial charge in [0, 0.05) is 23.7 Å². The van der Waals surface area contributed by atoms with E-state index in [1.807, 2.05) is 0 Å². The van der Waals surface area contributed by atoms with Crippen molar-refractivity contribution < 1.29 is 5.11 Å². The summed E-state index contributed by atoms with van der Waals surface area (Å²) in [6.45, 7) is 4.51. The molecule has 2 nitrogen and oxygen atoms in total. The third-order valence-corrected chi connectivity index (χ3v) is 2.82. The first-order valence-corrected chi connectivity index (χ1v) is 5.40. The quantitative estimate of drug-likeness (QED) is 0.790. The van der Waals surface area contributed by atoms with Gasteiger partial charge < -0.3 is 10.1 Å². The van der Waals surface area contributed by atoms with E-state index in [0.717, 1.165) is 12.8 Å². The van der Waals surface area contributed by atoms with Gasteiger partial charge in [0.2, 0.25) is 0 Å². The molecule has 0 amide bonds. The number of fused-ring (bicyclic) bond motifs is 1. The number of hydrogen-bond acceptors (Lipinski definition) is 1. The Morgan fingerprint density at radius 1 is 1.27 bits per heavy atom. The molecule has 0 unspecified atom stereocenters. The van der Waals surface area contributed by atoms with Crippen molar-refractivity contribution in [2.75, 3.05) is 6.61 Å². The summed E-state index contributed by atoms with van der Waals surface area (Å²) in [5, 5.41) is 10.1. The molecule has 1 heterocycles. The van der Waals surface area contributed by atoms with Crippen molar-refractivity contribution in [3.63, 3.8) is 0 Å². The molecule has 0 saturated carbocycles. The summed E-state index contributed by atoms with van der Waals surface area (Å²) < 4.78 is 0. The minimum Gasteiger partial charge on any atom is -0.396 e. The van der Waals surface area contributed by atoms with E-state index in [1.165, 1.54) is 27.6 Å². The number of H-pyrrole nitrogens is 1. The van der Waals surface area contributed by atoms with Crippen molar-refractivity contribution in [3.05, 3.63) is 35.0 Å². The van der Waals surface area contributed by atoms with Crippen LogP contribution in [0.3, 0.4) is 0 Å². The van der Waals surface area contributed by atoms with Crippen molar-refractivity contribution >= 4 is 10.9 Å². The van der Waals surface area contributed by atoms with Crippen LogP contribution in [0.4, 0.5) is 0 Å². The third-order valence-electron chi connectivity index (χ3n) is 2.82. The molecule has 2 heteroatoms. The first-order chi connectivity index (χ1) is 7.22. The van der Waals surface area contributed by atoms with Gasteiger partial charge in [0.05, 0.1) is 0 Å². The predicted octanol–water partition coefficient (Wildman–Crippen LogP) is 2.71. The van der Waals surface area contributed by atoms with Crippen molar-refractivity contribution in [1.82, 2.24) is 4.98 Å². The Hall–Kier alpha value is -1.28. The zero-order valence-electron chi connectivity index (χ0n) is 9.30. The Bertz CT molecular complexity index is 471. The lowest BCUT2D eigenvalue weighted by Gasteiger charge is -2.01. The number of aromatic amines is 1. The maximum Gasteiger partial charge on any atom is 0.0486 e. The van der Waals surface area contributed by atoms with Crippen LogP contribution in [-0.4, -0.2) is 16.7 Å². The molecule has 80 valence electrons. The summed E-state index contributed by atoms with van der Waals surface area (Å²) in [6, 6.07) is 4.40. The van der Waals surface area contributed by atoms with Crippen LogP contribution in [0.1, 0.15) is 23.1 Å². The van der Waals surface area contributed by atoms with Crippen molar-refractivity contribution in [1.29, 1.82) is 0 Å². The minimum absolute atomic E-state index is 0.261. The fraction of sp³-hybridized carbons (Fsp3) is 0.385. The molecule has 0 spiro atoms. The average Bonchev–Trinajstić information content (AvgIpc) is 2.58. The van der Waals surface area contributed by atoms with Gasteiger partial charge in [-0.3, -0.25) is 0 Å². The minimum atomic E-state index is 0.261. The highest BCUT2D eigenvalue weighted by Gasteiger charge is 2.05. The third kappa shape index (κ3) is 1.90. The van der Waals surface area contributed by atoms with E-state index in [1.54, 1.807) is 0 Å². The molecule has 2 rings (SSSR count). The van der Waals surface area contributed by atoms with E-state index >= 15 is 0 Å². The van der Waals surface area contributed by atoms with Crippen LogP contribution in [0.2, 0.25) is 0 Å². The van der Waals surface area contributed by atoms with Crippen LogP contribution < -0.4 is 0 Å². The topological polar surface area (TPSA) is 36.0 Å². The predicted molar refractivity (Wildman–Crippen MR) is 63.2 cm³/mol. The Morgan fingerprint density at radius 3 is 2.80 bits per heavy atom. The largest absolute Gasteiger partial charge is 0.396 e. The van der Waals surface area contributed by atoms with Gasteiger partial charge >= 0.3 is 0 Å². The molecular formula is C13H17NO. The van der Waals surface area contributed by atoms with E-state index in [2.05, 4.69) is 37.2 Å². The molecule has 15 heavy (non-hydrogen) atoms. The molecule has 0 aliphatic carbocycles. The second-order valence-corrected chi connectivity index (χ2v) is 4.15. The molecule has 1 aromatic heterocycles. The number of aliphatic hydroxyl groups excluding tert-OH is 1. The molecular weight excluding hydrogens is 186 g/mol. The molecule has 2 N–H and O–H groups in total. The molecule has 0 aliphatic heterocycles. The fourth-order valence-corrected chi connectivity index (χ4v) is 2.13. The molecule has 1 aromatic carbocycles. The number of aromatic nitrogens is 1. The Balaban J connectivity index is 2.49. The second kappa shape index (κ2) is 4.07. The zero-order chi connectivity index (χ0) is 10.8. The molecule has 0 fully saturated rings. The average molecular weight is 203 g/mol. The number of rotatable bonds is 3. The molecule has 0 saturated heterocycles. The summed E-state index contributed by atoms with van der Waals surface area (Å²) >= 11 is 0. The van der Waals surface area contributed by atoms with Gasteiger partial charge in [0.25, 0.3) is 0 Å². The fourth-order valence-electron chi connectivity index (χ4n) is 2.13. The highest BCUT2D eigenvalue weighted by molar-refractivity contribution is 5.86. The van der Waals surface area contributed by atoms with Crippen LogP contribution in [0.15, 0.2) is 18.3 Å². The lowest BCUT2D eigenvalue weighted by atomic mass is 10.0. The lowest BCUT2D eigenvalue weighted by Crippen LogP contribution is -1.88. The van der Waals surface area contributed by atoms with Crippen molar-refractivity contribution in [2.24, 2.45) is 0 Å². The van der Waals surface area contributed by atoms with E-state index in [0.29, 0.717) is 0 Å². The van der Waals surface area contributed by atoms with Gasteiger partial charge in [-0.1, -0.05) is 11.6 Å². The summed E-state index contributed by atoms with van der Waals surface area (Å²) in [5.41, 5.74) is 5.13. The SMILES string of the molecule is Cc1cc(C)c2[nH]cc(CCCO)c2c1. The van der Waals surface area contributed by atoms with Crippen LogP contribution >= 0.6 is 0 Å². The van der Waals surface area contributed by atoms with Crippen LogP contribution in [0.25, 0.3) is 10.9 Å². The van der Waals surface area contributed by atoms with Gasteiger partial charge in [-0.25, -0.2) is 0 Å². The highest BCUT2D eigenvalue weighted by Crippen LogP contribution is 2.24. The summed E-state index contributed by atoms with van der Waals surface area (Å²) in [6.07, 6.45) is 3.84. The summed E-state index contributed by atoms with van der Waals surface area (Å²) in [5.74, 6) is 0. The number of benzene rings is 1. The van der Waals surface area contributed by atoms with Crippen LogP contribution in [0.5, 0.6) is 0 Å². The summed E-state index contributed by atoms with van der Waals surface area (Å²) in [4.78, 5) is 3.31. The zero-order valence-corrected chi connectivity index (χ0v) is 9.30. The van der Waals surface area contributed by atoms with Gasteiger partial charge in [0.1, 0.15) is 0 Å². The lowest BCUT2D eigenvalue weighted by molar-refractivity contribution is 0.289. The molecule has 0 atom stereocenters. The Morgan fingerprint density at radius 2 is 2.07 bits per heavy atom. The first kappa shape index (κ1) is 10.2. The van der Waals surface area contributed by atoms with Gasteiger partial charge in [-0.15, -0.1) is 0 Å². The number of aliphatic hydroxyl groups is 1. The van der Waals surface area contributed by atoms with Gasteiger partial charge in [0.15, 0.2) is 0 Å². The molecule has 0 aliphatic rings. The molecule has 0 radical (unpaired) electrons. The van der Waals surface area contributed by atoms with E-state index < -0.39 is 0 Å². The van der Waals surface area contributed by atoms with Crippen molar-refractivity contribution in [2.45, 2.75) is 26.7 Å². The number of nitrogens with one attached hydrogen (secondary N) is 1. The maximum absolute atomic E-state index is 8.84. The van der Waals surface area contributed by atoms with Crippen LogP contribution in [-0.2, 0) is 6.42 Å². The number of hydrogen-bond donors (Lipinski definition) is 2. The normalized spacial score (nSPS) is 11.1. The smallest absolute Gasteiger partial charge is 0.0486 e. The standard InChI is InChI=1S/C13H17NO/c1-9-6-10(2)13-12(7-9)11(8-14-13)4-3-5-15/h6-8,14-15H,3-5H2,1-2H3. The monoisotopic (exact) mass is 203 g/mol. The van der Waals surface area contributed by atoms with Gasteiger partial charge in [-0.2, -0.15) is 0 Å². The first-order valence-electron chi connectivity index (χ1n) is 5.40. The summed E-state index contributed by atoms with van der Waals surface area (Å²) in [7, 11) is 0. The Kier molecular flexibility index (Phi) is 2.78. The Labute approximate surface area is 89.9 Å². The van der Waals surface area contributed by atoms with E-state index in [9.17, 15) is 0 Å². The maximum atomic E-state index is 8.84. The molecule has 2 aromatic rings. The van der Waals surface area contributed by atoms with Crippen LogP contribution in [0, 0.1) is 13.8 Å². The van der Waals surface area contributed by atoms with E-state index in [-0.39, 0.29) is 6.61 Å². The van der Waals surface area contributed by atoms with E-state index in [4.69, 9.17) is 5.11 Å². The number of aryl methyl sites for hydroxylation is 3. The highest BCUT2D eigenvalue weighted by atomic mass is 16.2. The van der Waals surface area contributed by atoms with Crippen molar-refractivity contribution in [3.8, 4) is 0 Å². The molecule has 0 bridgehead atoms.